The van der Waals surface area contributed by atoms with E-state index in [-0.39, 0.29) is 5.39 Å². The predicted molar refractivity (Wildman–Crippen MR) is 51.5 cm³/mol. The first kappa shape index (κ1) is 10.0. The van der Waals surface area contributed by atoms with E-state index in [1.807, 2.05) is 0 Å². The molecule has 0 unspecified atom stereocenters. The Morgan fingerprint density at radius 3 is 2.67 bits per heavy atom. The molecule has 0 radical (unpaired) electrons. The average molecular weight is 227 g/mol. The van der Waals surface area contributed by atoms with Crippen molar-refractivity contribution < 1.29 is 17.4 Å². The van der Waals surface area contributed by atoms with E-state index < -0.39 is 20.8 Å². The zero-order valence-corrected chi connectivity index (χ0v) is 8.20. The second-order valence-corrected chi connectivity index (χ2v) is 4.34. The van der Waals surface area contributed by atoms with Crippen LogP contribution in [0.4, 0.5) is 4.39 Å². The molecule has 0 bridgehead atoms. The van der Waals surface area contributed by atoms with Crippen molar-refractivity contribution in [3.05, 3.63) is 36.4 Å². The molecule has 2 rings (SSSR count). The molecule has 1 heterocycles. The maximum atomic E-state index is 13.3. The zero-order chi connectivity index (χ0) is 11.1. The third-order valence-electron chi connectivity index (χ3n) is 1.98. The molecule has 1 N–H and O–H groups in total. The van der Waals surface area contributed by atoms with Crippen LogP contribution < -0.4 is 0 Å². The van der Waals surface area contributed by atoms with E-state index in [2.05, 4.69) is 4.98 Å². The largest absolute Gasteiger partial charge is 0.295 e. The lowest BCUT2D eigenvalue weighted by atomic mass is 10.2. The molecule has 1 aromatic carbocycles. The molecule has 0 aliphatic heterocycles. The van der Waals surface area contributed by atoms with Gasteiger partial charge in [0, 0.05) is 17.0 Å². The van der Waals surface area contributed by atoms with Crippen LogP contribution in [-0.2, 0) is 10.1 Å². The van der Waals surface area contributed by atoms with Crippen molar-refractivity contribution >= 4 is 20.9 Å². The van der Waals surface area contributed by atoms with Crippen LogP contribution in [0.3, 0.4) is 0 Å². The number of halogens is 1. The van der Waals surface area contributed by atoms with E-state index in [0.29, 0.717) is 5.39 Å². The van der Waals surface area contributed by atoms with Crippen LogP contribution in [-0.4, -0.2) is 18.0 Å². The molecule has 4 nitrogen and oxygen atoms in total. The summed E-state index contributed by atoms with van der Waals surface area (Å²) in [6.07, 6.45) is 2.23. The number of nitrogens with zero attached hydrogens (tertiary/aromatic N) is 1. The topological polar surface area (TPSA) is 67.3 Å². The molecule has 0 atom stereocenters. The maximum absolute atomic E-state index is 13.3. The summed E-state index contributed by atoms with van der Waals surface area (Å²) < 4.78 is 44.2. The van der Waals surface area contributed by atoms with E-state index in [1.54, 1.807) is 0 Å². The summed E-state index contributed by atoms with van der Waals surface area (Å²) in [7, 11) is -4.42. The Kier molecular flexibility index (Phi) is 2.17. The molecule has 1 aromatic heterocycles. The highest BCUT2D eigenvalue weighted by molar-refractivity contribution is 7.86. The second-order valence-electron chi connectivity index (χ2n) is 2.95. The Balaban J connectivity index is 2.99. The van der Waals surface area contributed by atoms with E-state index >= 15 is 0 Å². The lowest BCUT2D eigenvalue weighted by Gasteiger charge is -2.03. The number of hydrogen-bond donors (Lipinski definition) is 1. The summed E-state index contributed by atoms with van der Waals surface area (Å²) in [5, 5.41) is 0.181. The van der Waals surface area contributed by atoms with Gasteiger partial charge < -0.3 is 0 Å². The SMILES string of the molecule is O=S(=O)(O)c1cccc2cncc(F)c12. The predicted octanol–water partition coefficient (Wildman–Crippen LogP) is 1.62. The average Bonchev–Trinajstić information content (AvgIpc) is 2.16. The Morgan fingerprint density at radius 2 is 2.00 bits per heavy atom. The van der Waals surface area contributed by atoms with Crippen molar-refractivity contribution in [1.29, 1.82) is 0 Å². The third kappa shape index (κ3) is 1.69. The zero-order valence-electron chi connectivity index (χ0n) is 7.38. The highest BCUT2D eigenvalue weighted by Crippen LogP contribution is 2.24. The van der Waals surface area contributed by atoms with Crippen molar-refractivity contribution in [2.45, 2.75) is 4.90 Å². The molecule has 0 aliphatic rings. The Labute approximate surface area is 85.1 Å². The first-order valence-corrected chi connectivity index (χ1v) is 5.44. The number of pyridine rings is 1. The molecule has 0 spiro atoms. The molecule has 0 fully saturated rings. The van der Waals surface area contributed by atoms with Crippen molar-refractivity contribution in [3.63, 3.8) is 0 Å². The van der Waals surface area contributed by atoms with Gasteiger partial charge in [0.1, 0.15) is 4.90 Å². The molecule has 0 saturated heterocycles. The molecular formula is C9H6FNO3S. The van der Waals surface area contributed by atoms with Crippen LogP contribution in [0.2, 0.25) is 0 Å². The standard InChI is InChI=1S/C9H6FNO3S/c10-7-5-11-4-6-2-1-3-8(9(6)7)15(12,13)14/h1-5H,(H,12,13,14). The van der Waals surface area contributed by atoms with Gasteiger partial charge in [0.25, 0.3) is 10.1 Å². The van der Waals surface area contributed by atoms with Gasteiger partial charge in [0.15, 0.2) is 5.82 Å². The third-order valence-corrected chi connectivity index (χ3v) is 2.87. The second kappa shape index (κ2) is 3.25. The van der Waals surface area contributed by atoms with Crippen LogP contribution in [0, 0.1) is 5.82 Å². The molecule has 0 aliphatic carbocycles. The molecule has 6 heteroatoms. The molecule has 0 saturated carbocycles. The number of rotatable bonds is 1. The van der Waals surface area contributed by atoms with Gasteiger partial charge in [-0.1, -0.05) is 12.1 Å². The Morgan fingerprint density at radius 1 is 1.27 bits per heavy atom. The molecule has 2 aromatic rings. The maximum Gasteiger partial charge on any atom is 0.295 e. The minimum atomic E-state index is -4.42. The minimum absolute atomic E-state index is 0.144. The van der Waals surface area contributed by atoms with Crippen molar-refractivity contribution in [2.75, 3.05) is 0 Å². The van der Waals surface area contributed by atoms with Crippen LogP contribution in [0.25, 0.3) is 10.8 Å². The summed E-state index contributed by atoms with van der Waals surface area (Å²) in [5.74, 6) is -0.777. The fourth-order valence-corrected chi connectivity index (χ4v) is 2.10. The number of benzene rings is 1. The lowest BCUT2D eigenvalue weighted by molar-refractivity contribution is 0.483. The summed E-state index contributed by atoms with van der Waals surface area (Å²) >= 11 is 0. The van der Waals surface area contributed by atoms with E-state index in [9.17, 15) is 12.8 Å². The van der Waals surface area contributed by atoms with Crippen LogP contribution in [0.1, 0.15) is 0 Å². The fourth-order valence-electron chi connectivity index (χ4n) is 1.37. The van der Waals surface area contributed by atoms with Gasteiger partial charge in [-0.3, -0.25) is 9.54 Å². The quantitative estimate of drug-likeness (QED) is 0.752. The monoisotopic (exact) mass is 227 g/mol. The summed E-state index contributed by atoms with van der Waals surface area (Å²) in [4.78, 5) is 3.14. The number of fused-ring (bicyclic) bond motifs is 1. The highest BCUT2D eigenvalue weighted by atomic mass is 32.2. The van der Waals surface area contributed by atoms with Crippen molar-refractivity contribution in [2.24, 2.45) is 0 Å². The van der Waals surface area contributed by atoms with Crippen molar-refractivity contribution in [3.8, 4) is 0 Å². The summed E-state index contributed by atoms with van der Waals surface area (Å²) in [6.45, 7) is 0. The van der Waals surface area contributed by atoms with Gasteiger partial charge in [0.2, 0.25) is 0 Å². The van der Waals surface area contributed by atoms with E-state index in [0.717, 1.165) is 12.3 Å². The number of aromatic nitrogens is 1. The minimum Gasteiger partial charge on any atom is -0.282 e. The normalized spacial score (nSPS) is 11.9. The molecule has 0 amide bonds. The Hall–Kier alpha value is -1.53. The first-order chi connectivity index (χ1) is 7.00. The van der Waals surface area contributed by atoms with Gasteiger partial charge in [-0.15, -0.1) is 0 Å². The van der Waals surface area contributed by atoms with Gasteiger partial charge in [0.05, 0.1) is 6.20 Å². The van der Waals surface area contributed by atoms with Gasteiger partial charge >= 0.3 is 0 Å². The van der Waals surface area contributed by atoms with Crippen molar-refractivity contribution in [1.82, 2.24) is 4.98 Å². The lowest BCUT2D eigenvalue weighted by Crippen LogP contribution is -2.00. The van der Waals surface area contributed by atoms with Gasteiger partial charge in [-0.2, -0.15) is 8.42 Å². The van der Waals surface area contributed by atoms with E-state index in [4.69, 9.17) is 4.55 Å². The molecular weight excluding hydrogens is 221 g/mol. The van der Waals surface area contributed by atoms with Gasteiger partial charge in [-0.25, -0.2) is 4.39 Å². The van der Waals surface area contributed by atoms with Crippen LogP contribution in [0.15, 0.2) is 35.5 Å². The highest BCUT2D eigenvalue weighted by Gasteiger charge is 2.16. The molecule has 15 heavy (non-hydrogen) atoms. The van der Waals surface area contributed by atoms with Crippen LogP contribution >= 0.6 is 0 Å². The summed E-state index contributed by atoms with van der Waals surface area (Å²) in [6, 6.07) is 4.06. The fraction of sp³-hybridized carbons (Fsp3) is 0. The summed E-state index contributed by atoms with van der Waals surface area (Å²) in [5.41, 5.74) is 0. The van der Waals surface area contributed by atoms with Gasteiger partial charge in [-0.05, 0) is 6.07 Å². The molecule has 78 valence electrons. The van der Waals surface area contributed by atoms with E-state index in [1.165, 1.54) is 18.3 Å². The first-order valence-electron chi connectivity index (χ1n) is 4.00. The van der Waals surface area contributed by atoms with Crippen LogP contribution in [0.5, 0.6) is 0 Å². The number of hydrogen-bond acceptors (Lipinski definition) is 3. The smallest absolute Gasteiger partial charge is 0.282 e. The Bertz CT molecular complexity index is 619.